The molecule has 3 heteroatoms. The third kappa shape index (κ3) is 2.33. The van der Waals surface area contributed by atoms with Crippen LogP contribution in [0.5, 0.6) is 5.75 Å². The van der Waals surface area contributed by atoms with Gasteiger partial charge in [0, 0.05) is 19.1 Å². The van der Waals surface area contributed by atoms with Gasteiger partial charge in [-0.3, -0.25) is 0 Å². The Labute approximate surface area is 104 Å². The molecule has 0 saturated carbocycles. The number of anilines is 2. The summed E-state index contributed by atoms with van der Waals surface area (Å²) in [5, 5.41) is 3.51. The summed E-state index contributed by atoms with van der Waals surface area (Å²) in [6, 6.07) is 6.87. The van der Waals surface area contributed by atoms with Crippen LogP contribution in [0.3, 0.4) is 0 Å². The average Bonchev–Trinajstić information content (AvgIpc) is 2.48. The maximum Gasteiger partial charge on any atom is 0.144 e. The fourth-order valence-electron chi connectivity index (χ4n) is 2.49. The fraction of sp³-hybridized carbons (Fsp3) is 0.571. The first kappa shape index (κ1) is 12.1. The summed E-state index contributed by atoms with van der Waals surface area (Å²) in [4.78, 5) is 2.44. The molecule has 1 aromatic carbocycles. The van der Waals surface area contributed by atoms with Crippen LogP contribution in [-0.4, -0.2) is 25.7 Å². The van der Waals surface area contributed by atoms with Gasteiger partial charge in [0.15, 0.2) is 0 Å². The van der Waals surface area contributed by atoms with Gasteiger partial charge in [-0.15, -0.1) is 0 Å². The molecule has 0 fully saturated rings. The van der Waals surface area contributed by atoms with E-state index in [9.17, 15) is 0 Å². The molecule has 0 aliphatic carbocycles. The number of hydrogen-bond acceptors (Lipinski definition) is 3. The Morgan fingerprint density at radius 2 is 2.24 bits per heavy atom. The van der Waals surface area contributed by atoms with Gasteiger partial charge in [0.2, 0.25) is 0 Å². The molecule has 94 valence electrons. The monoisotopic (exact) mass is 234 g/mol. The van der Waals surface area contributed by atoms with E-state index in [0.717, 1.165) is 30.9 Å². The van der Waals surface area contributed by atoms with E-state index >= 15 is 0 Å². The molecule has 1 aliphatic rings. The topological polar surface area (TPSA) is 24.5 Å². The van der Waals surface area contributed by atoms with Gasteiger partial charge < -0.3 is 15.0 Å². The smallest absolute Gasteiger partial charge is 0.144 e. The number of hydrogen-bond donors (Lipinski definition) is 1. The summed E-state index contributed by atoms with van der Waals surface area (Å²) in [5.74, 6) is 0.970. The molecule has 1 atom stereocenters. The standard InChI is InChI=1S/C14H22N2O/c1-4-16-11(3)9-10-15-14-12(16)7-6-8-13(14)17-5-2/h6-8,11,15H,4-5,9-10H2,1-3H3. The van der Waals surface area contributed by atoms with E-state index in [1.807, 2.05) is 13.0 Å². The van der Waals surface area contributed by atoms with E-state index in [-0.39, 0.29) is 0 Å². The summed E-state index contributed by atoms with van der Waals surface area (Å²) in [5.41, 5.74) is 2.42. The van der Waals surface area contributed by atoms with Crippen LogP contribution in [-0.2, 0) is 0 Å². The van der Waals surface area contributed by atoms with Crippen molar-refractivity contribution in [2.24, 2.45) is 0 Å². The zero-order valence-corrected chi connectivity index (χ0v) is 11.0. The van der Waals surface area contributed by atoms with Gasteiger partial charge in [0.05, 0.1) is 12.3 Å². The molecule has 1 aliphatic heterocycles. The Bertz CT molecular complexity index is 378. The average molecular weight is 234 g/mol. The lowest BCUT2D eigenvalue weighted by Gasteiger charge is -2.29. The first-order chi connectivity index (χ1) is 8.27. The quantitative estimate of drug-likeness (QED) is 0.869. The van der Waals surface area contributed by atoms with E-state index in [1.165, 1.54) is 5.69 Å². The Balaban J connectivity index is 2.42. The van der Waals surface area contributed by atoms with Crippen molar-refractivity contribution in [3.63, 3.8) is 0 Å². The van der Waals surface area contributed by atoms with Crippen molar-refractivity contribution in [2.75, 3.05) is 29.9 Å². The third-order valence-electron chi connectivity index (χ3n) is 3.35. The van der Waals surface area contributed by atoms with E-state index in [4.69, 9.17) is 4.74 Å². The molecule has 2 rings (SSSR count). The van der Waals surface area contributed by atoms with Gasteiger partial charge in [-0.1, -0.05) is 6.07 Å². The zero-order valence-electron chi connectivity index (χ0n) is 11.0. The SMILES string of the molecule is CCOc1cccc2c1NCCC(C)N2CC. The molecule has 0 spiro atoms. The van der Waals surface area contributed by atoms with Crippen molar-refractivity contribution in [3.05, 3.63) is 18.2 Å². The molecule has 1 unspecified atom stereocenters. The van der Waals surface area contributed by atoms with Crippen LogP contribution in [0.15, 0.2) is 18.2 Å². The summed E-state index contributed by atoms with van der Waals surface area (Å²) in [7, 11) is 0. The van der Waals surface area contributed by atoms with Crippen LogP contribution in [0.2, 0.25) is 0 Å². The highest BCUT2D eigenvalue weighted by atomic mass is 16.5. The summed E-state index contributed by atoms with van der Waals surface area (Å²) < 4.78 is 5.70. The molecule has 0 radical (unpaired) electrons. The van der Waals surface area contributed by atoms with E-state index in [0.29, 0.717) is 12.6 Å². The number of nitrogens with one attached hydrogen (secondary N) is 1. The number of fused-ring (bicyclic) bond motifs is 1. The Morgan fingerprint density at radius 1 is 1.41 bits per heavy atom. The maximum atomic E-state index is 5.70. The Morgan fingerprint density at radius 3 is 2.94 bits per heavy atom. The van der Waals surface area contributed by atoms with Gasteiger partial charge >= 0.3 is 0 Å². The maximum absolute atomic E-state index is 5.70. The van der Waals surface area contributed by atoms with Crippen LogP contribution in [0.4, 0.5) is 11.4 Å². The minimum absolute atomic E-state index is 0.575. The number of nitrogens with zero attached hydrogens (tertiary/aromatic N) is 1. The van der Waals surface area contributed by atoms with Crippen molar-refractivity contribution in [3.8, 4) is 5.75 Å². The van der Waals surface area contributed by atoms with Crippen molar-refractivity contribution >= 4 is 11.4 Å². The van der Waals surface area contributed by atoms with Crippen LogP contribution >= 0.6 is 0 Å². The summed E-state index contributed by atoms with van der Waals surface area (Å²) in [6.07, 6.45) is 1.16. The van der Waals surface area contributed by atoms with Crippen LogP contribution in [0.25, 0.3) is 0 Å². The van der Waals surface area contributed by atoms with Crippen LogP contribution in [0, 0.1) is 0 Å². The highest BCUT2D eigenvalue weighted by Gasteiger charge is 2.21. The molecular formula is C14H22N2O. The Kier molecular flexibility index (Phi) is 3.77. The lowest BCUT2D eigenvalue weighted by molar-refractivity contribution is 0.342. The second-order valence-electron chi connectivity index (χ2n) is 4.43. The Hall–Kier alpha value is -1.38. The number of para-hydroxylation sites is 1. The lowest BCUT2D eigenvalue weighted by atomic mass is 10.2. The molecule has 0 amide bonds. The zero-order chi connectivity index (χ0) is 12.3. The molecule has 0 aromatic heterocycles. The van der Waals surface area contributed by atoms with E-state index < -0.39 is 0 Å². The first-order valence-electron chi connectivity index (χ1n) is 6.54. The highest BCUT2D eigenvalue weighted by Crippen LogP contribution is 2.38. The molecule has 1 aromatic rings. The molecule has 3 nitrogen and oxygen atoms in total. The second-order valence-corrected chi connectivity index (χ2v) is 4.43. The molecule has 0 saturated heterocycles. The van der Waals surface area contributed by atoms with E-state index in [2.05, 4.69) is 36.2 Å². The molecule has 0 bridgehead atoms. The van der Waals surface area contributed by atoms with Crippen LogP contribution in [0.1, 0.15) is 27.2 Å². The van der Waals surface area contributed by atoms with Crippen molar-refractivity contribution in [2.45, 2.75) is 33.2 Å². The summed E-state index contributed by atoms with van der Waals surface area (Å²) in [6.45, 7) is 9.27. The highest BCUT2D eigenvalue weighted by molar-refractivity contribution is 5.77. The van der Waals surface area contributed by atoms with Crippen molar-refractivity contribution in [1.82, 2.24) is 0 Å². The predicted molar refractivity (Wildman–Crippen MR) is 73.2 cm³/mol. The number of rotatable bonds is 3. The molecule has 1 N–H and O–H groups in total. The summed E-state index contributed by atoms with van der Waals surface area (Å²) >= 11 is 0. The van der Waals surface area contributed by atoms with Crippen LogP contribution < -0.4 is 15.0 Å². The number of ether oxygens (including phenoxy) is 1. The minimum atomic E-state index is 0.575. The van der Waals surface area contributed by atoms with Gasteiger partial charge in [-0.2, -0.15) is 0 Å². The molecule has 17 heavy (non-hydrogen) atoms. The fourth-order valence-corrected chi connectivity index (χ4v) is 2.49. The molecular weight excluding hydrogens is 212 g/mol. The van der Waals surface area contributed by atoms with Gasteiger partial charge in [-0.25, -0.2) is 0 Å². The lowest BCUT2D eigenvalue weighted by Crippen LogP contribution is -2.32. The third-order valence-corrected chi connectivity index (χ3v) is 3.35. The van der Waals surface area contributed by atoms with Gasteiger partial charge in [0.1, 0.15) is 11.4 Å². The van der Waals surface area contributed by atoms with Crippen molar-refractivity contribution in [1.29, 1.82) is 0 Å². The largest absolute Gasteiger partial charge is 0.492 e. The predicted octanol–water partition coefficient (Wildman–Crippen LogP) is 3.12. The number of benzene rings is 1. The minimum Gasteiger partial charge on any atom is -0.492 e. The first-order valence-corrected chi connectivity index (χ1v) is 6.54. The molecule has 1 heterocycles. The second kappa shape index (κ2) is 5.30. The van der Waals surface area contributed by atoms with Gasteiger partial charge in [-0.05, 0) is 39.3 Å². The van der Waals surface area contributed by atoms with Crippen molar-refractivity contribution < 1.29 is 4.74 Å². The normalized spacial score (nSPS) is 19.2. The van der Waals surface area contributed by atoms with Gasteiger partial charge in [0.25, 0.3) is 0 Å². The van der Waals surface area contributed by atoms with E-state index in [1.54, 1.807) is 0 Å².